The Morgan fingerprint density at radius 1 is 1.15 bits per heavy atom. The Morgan fingerprint density at radius 3 is 2.00 bits per heavy atom. The van der Waals surface area contributed by atoms with E-state index >= 15 is 0 Å². The fraction of sp³-hybridized carbons (Fsp3) is 0.200. The first-order chi connectivity index (χ1) is 6.06. The van der Waals surface area contributed by atoms with Gasteiger partial charge in [0.1, 0.15) is 0 Å². The highest BCUT2D eigenvalue weighted by Crippen LogP contribution is 2.19. The average Bonchev–Trinajstić information content (AvgIpc) is 2.12. The molecule has 0 fully saturated rings. The summed E-state index contributed by atoms with van der Waals surface area (Å²) in [5.74, 6) is -3.74. The first kappa shape index (κ1) is 9.84. The van der Waals surface area contributed by atoms with Crippen molar-refractivity contribution in [1.82, 2.24) is 0 Å². The van der Waals surface area contributed by atoms with Crippen LogP contribution in [0.1, 0.15) is 19.4 Å². The second kappa shape index (κ2) is 3.64. The lowest BCUT2D eigenvalue weighted by Crippen LogP contribution is -1.92. The molecule has 0 aromatic heterocycles. The van der Waals surface area contributed by atoms with Gasteiger partial charge in [0.25, 0.3) is 0 Å². The number of hydrogen-bond donors (Lipinski definition) is 0. The summed E-state index contributed by atoms with van der Waals surface area (Å²) in [5, 5.41) is 0. The van der Waals surface area contributed by atoms with E-state index in [1.165, 1.54) is 0 Å². The van der Waals surface area contributed by atoms with Crippen molar-refractivity contribution >= 4 is 5.57 Å². The standard InChI is InChI=1S/C10H9F3/c1-3-6(2)7-4-8(11)10(13)9(12)5-7/h3-5H,1-2H3/b6-3+. The zero-order chi connectivity index (χ0) is 10.0. The summed E-state index contributed by atoms with van der Waals surface area (Å²) in [7, 11) is 0. The lowest BCUT2D eigenvalue weighted by molar-refractivity contribution is 0.446. The van der Waals surface area contributed by atoms with E-state index in [4.69, 9.17) is 0 Å². The molecule has 0 bridgehead atoms. The maximum atomic E-state index is 12.7. The van der Waals surface area contributed by atoms with Gasteiger partial charge in [0.2, 0.25) is 0 Å². The first-order valence-corrected chi connectivity index (χ1v) is 3.84. The van der Waals surface area contributed by atoms with Crippen LogP contribution in [0.2, 0.25) is 0 Å². The van der Waals surface area contributed by atoms with Crippen molar-refractivity contribution in [3.63, 3.8) is 0 Å². The molecule has 0 aliphatic heterocycles. The quantitative estimate of drug-likeness (QED) is 0.588. The van der Waals surface area contributed by atoms with Crippen LogP contribution in [0, 0.1) is 17.5 Å². The molecule has 0 aliphatic carbocycles. The largest absolute Gasteiger partial charge is 0.204 e. The van der Waals surface area contributed by atoms with Crippen LogP contribution in [0.15, 0.2) is 18.2 Å². The van der Waals surface area contributed by atoms with E-state index < -0.39 is 17.5 Å². The predicted octanol–water partition coefficient (Wildman–Crippen LogP) is 3.53. The van der Waals surface area contributed by atoms with Gasteiger partial charge in [0, 0.05) is 0 Å². The maximum Gasteiger partial charge on any atom is 0.194 e. The summed E-state index contributed by atoms with van der Waals surface area (Å²) < 4.78 is 37.9. The van der Waals surface area contributed by atoms with Crippen molar-refractivity contribution in [2.75, 3.05) is 0 Å². The van der Waals surface area contributed by atoms with Crippen molar-refractivity contribution in [2.24, 2.45) is 0 Å². The molecule has 0 amide bonds. The highest BCUT2D eigenvalue weighted by atomic mass is 19.2. The van der Waals surface area contributed by atoms with Crippen molar-refractivity contribution < 1.29 is 13.2 Å². The normalized spacial score (nSPS) is 11.9. The molecule has 1 aromatic rings. The summed E-state index contributed by atoms with van der Waals surface area (Å²) in [4.78, 5) is 0. The van der Waals surface area contributed by atoms with Gasteiger partial charge in [-0.15, -0.1) is 0 Å². The molecule has 0 radical (unpaired) electrons. The van der Waals surface area contributed by atoms with E-state index in [2.05, 4.69) is 0 Å². The number of allylic oxidation sites excluding steroid dienone is 2. The van der Waals surface area contributed by atoms with Crippen molar-refractivity contribution in [3.8, 4) is 0 Å². The van der Waals surface area contributed by atoms with E-state index in [1.54, 1.807) is 19.9 Å². The van der Waals surface area contributed by atoms with Gasteiger partial charge in [-0.05, 0) is 37.1 Å². The van der Waals surface area contributed by atoms with Gasteiger partial charge < -0.3 is 0 Å². The van der Waals surface area contributed by atoms with Gasteiger partial charge in [-0.2, -0.15) is 0 Å². The van der Waals surface area contributed by atoms with Crippen LogP contribution in [0.3, 0.4) is 0 Å². The number of halogens is 3. The third-order valence-electron chi connectivity index (χ3n) is 1.87. The molecule has 0 spiro atoms. The van der Waals surface area contributed by atoms with Gasteiger partial charge in [-0.25, -0.2) is 13.2 Å². The fourth-order valence-corrected chi connectivity index (χ4v) is 0.950. The Morgan fingerprint density at radius 2 is 1.62 bits per heavy atom. The minimum Gasteiger partial charge on any atom is -0.204 e. The van der Waals surface area contributed by atoms with E-state index in [0.29, 0.717) is 11.1 Å². The molecule has 0 aliphatic rings. The molecule has 1 rings (SSSR count). The molecule has 1 aromatic carbocycles. The van der Waals surface area contributed by atoms with E-state index in [0.717, 1.165) is 12.1 Å². The summed E-state index contributed by atoms with van der Waals surface area (Å²) in [5.41, 5.74) is 1.07. The predicted molar refractivity (Wildman–Crippen MR) is 45.6 cm³/mol. The van der Waals surface area contributed by atoms with Crippen LogP contribution in [0.4, 0.5) is 13.2 Å². The second-order valence-corrected chi connectivity index (χ2v) is 2.73. The number of hydrogen-bond acceptors (Lipinski definition) is 0. The van der Waals surface area contributed by atoms with Crippen LogP contribution in [-0.4, -0.2) is 0 Å². The Kier molecular flexibility index (Phi) is 2.76. The van der Waals surface area contributed by atoms with Gasteiger partial charge >= 0.3 is 0 Å². The zero-order valence-electron chi connectivity index (χ0n) is 7.37. The van der Waals surface area contributed by atoms with Crippen LogP contribution >= 0.6 is 0 Å². The van der Waals surface area contributed by atoms with Crippen LogP contribution in [0.25, 0.3) is 5.57 Å². The second-order valence-electron chi connectivity index (χ2n) is 2.73. The Labute approximate surface area is 74.7 Å². The summed E-state index contributed by atoms with van der Waals surface area (Å²) >= 11 is 0. The van der Waals surface area contributed by atoms with Crippen LogP contribution in [0.5, 0.6) is 0 Å². The smallest absolute Gasteiger partial charge is 0.194 e. The molecule has 70 valence electrons. The van der Waals surface area contributed by atoms with Gasteiger partial charge in [-0.1, -0.05) is 6.08 Å². The molecule has 13 heavy (non-hydrogen) atoms. The summed E-state index contributed by atoms with van der Waals surface area (Å²) in [6.45, 7) is 3.45. The first-order valence-electron chi connectivity index (χ1n) is 3.84. The summed E-state index contributed by atoms with van der Waals surface area (Å²) in [6.07, 6.45) is 1.70. The lowest BCUT2D eigenvalue weighted by atomic mass is 10.1. The number of rotatable bonds is 1. The molecule has 0 unspecified atom stereocenters. The van der Waals surface area contributed by atoms with E-state index in [9.17, 15) is 13.2 Å². The average molecular weight is 186 g/mol. The molecule has 0 atom stereocenters. The van der Waals surface area contributed by atoms with Gasteiger partial charge in [0.05, 0.1) is 0 Å². The zero-order valence-corrected chi connectivity index (χ0v) is 7.37. The van der Waals surface area contributed by atoms with Crippen molar-refractivity contribution in [2.45, 2.75) is 13.8 Å². The molecule has 0 nitrogen and oxygen atoms in total. The molecular weight excluding hydrogens is 177 g/mol. The third-order valence-corrected chi connectivity index (χ3v) is 1.87. The van der Waals surface area contributed by atoms with Crippen molar-refractivity contribution in [3.05, 3.63) is 41.2 Å². The minimum absolute atomic E-state index is 0.360. The number of benzene rings is 1. The Hall–Kier alpha value is -1.25. The molecular formula is C10H9F3. The minimum atomic E-state index is -1.42. The molecule has 0 N–H and O–H groups in total. The summed E-state index contributed by atoms with van der Waals surface area (Å²) in [6, 6.07) is 1.96. The SMILES string of the molecule is C/C=C(\C)c1cc(F)c(F)c(F)c1. The topological polar surface area (TPSA) is 0 Å². The van der Waals surface area contributed by atoms with Crippen molar-refractivity contribution in [1.29, 1.82) is 0 Å². The van der Waals surface area contributed by atoms with Gasteiger partial charge in [0.15, 0.2) is 17.5 Å². The lowest BCUT2D eigenvalue weighted by Gasteiger charge is -2.02. The maximum absolute atomic E-state index is 12.7. The van der Waals surface area contributed by atoms with Gasteiger partial charge in [-0.3, -0.25) is 0 Å². The molecule has 0 heterocycles. The molecule has 0 saturated carbocycles. The van der Waals surface area contributed by atoms with Crippen LogP contribution in [-0.2, 0) is 0 Å². The van der Waals surface area contributed by atoms with E-state index in [-0.39, 0.29) is 0 Å². The fourth-order valence-electron chi connectivity index (χ4n) is 0.950. The Balaban J connectivity index is 3.29. The van der Waals surface area contributed by atoms with E-state index in [1.807, 2.05) is 0 Å². The highest BCUT2D eigenvalue weighted by Gasteiger charge is 2.10. The highest BCUT2D eigenvalue weighted by molar-refractivity contribution is 5.63. The Bertz CT molecular complexity index is 330. The molecule has 0 saturated heterocycles. The van der Waals surface area contributed by atoms with Crippen LogP contribution < -0.4 is 0 Å². The third kappa shape index (κ3) is 1.91. The molecule has 3 heteroatoms. The monoisotopic (exact) mass is 186 g/mol.